The zero-order valence-electron chi connectivity index (χ0n) is 6.91. The normalized spacial score (nSPS) is 11.3. The Morgan fingerprint density at radius 3 is 2.92 bits per heavy atom. The summed E-state index contributed by atoms with van der Waals surface area (Å²) in [7, 11) is 0. The highest BCUT2D eigenvalue weighted by Gasteiger charge is 2.08. The average Bonchev–Trinajstić information content (AvgIpc) is 2.15. The summed E-state index contributed by atoms with van der Waals surface area (Å²) in [5, 5.41) is 18.2. The second-order valence-corrected chi connectivity index (χ2v) is 2.44. The van der Waals surface area contributed by atoms with Gasteiger partial charge >= 0.3 is 0 Å². The number of rotatable bonds is 2. The van der Waals surface area contributed by atoms with E-state index in [2.05, 4.69) is 11.4 Å². The topological polar surface area (TPSA) is 85.7 Å². The molecule has 0 aliphatic rings. The fourth-order valence-electron chi connectivity index (χ4n) is 0.922. The predicted octanol–water partition coefficient (Wildman–Crippen LogP) is 0.535. The van der Waals surface area contributed by atoms with E-state index in [1.165, 1.54) is 0 Å². The van der Waals surface area contributed by atoms with Gasteiger partial charge in [0, 0.05) is 0 Å². The molecule has 1 rings (SSSR count). The predicted molar refractivity (Wildman–Crippen MR) is 48.7 cm³/mol. The Balaban J connectivity index is 2.80. The largest absolute Gasteiger partial charge is 0.370 e. The number of guanidine groups is 1. The lowest BCUT2D eigenvalue weighted by Gasteiger charge is -2.10. The number of nitrogens with one attached hydrogen (secondary N) is 2. The molecule has 1 unspecified atom stereocenters. The molecule has 4 heteroatoms. The molecular formula is C9H9N4. The summed E-state index contributed by atoms with van der Waals surface area (Å²) in [6, 6.07) is 11.4. The van der Waals surface area contributed by atoms with Crippen molar-refractivity contribution in [1.29, 1.82) is 10.7 Å². The summed E-state index contributed by atoms with van der Waals surface area (Å²) < 4.78 is 0. The molecule has 0 spiro atoms. The Morgan fingerprint density at radius 2 is 2.46 bits per heavy atom. The standard InChI is InChI=1S/C9H9N4/c10-6-8(13-9(11)12)7-4-2-1-3-5-7/h1-4,8H,(H4,11,12,13). The monoisotopic (exact) mass is 173 g/mol. The summed E-state index contributed by atoms with van der Waals surface area (Å²) >= 11 is 0. The molecule has 4 N–H and O–H groups in total. The van der Waals surface area contributed by atoms with E-state index in [0.29, 0.717) is 5.56 Å². The van der Waals surface area contributed by atoms with Gasteiger partial charge in [-0.25, -0.2) is 0 Å². The van der Waals surface area contributed by atoms with Crippen LogP contribution in [-0.4, -0.2) is 5.96 Å². The zero-order valence-corrected chi connectivity index (χ0v) is 6.91. The molecule has 0 aliphatic carbocycles. The van der Waals surface area contributed by atoms with E-state index in [-0.39, 0.29) is 5.96 Å². The van der Waals surface area contributed by atoms with Crippen LogP contribution in [0.3, 0.4) is 0 Å². The lowest BCUT2D eigenvalue weighted by molar-refractivity contribution is 0.792. The third-order valence-electron chi connectivity index (χ3n) is 1.47. The van der Waals surface area contributed by atoms with E-state index >= 15 is 0 Å². The molecule has 1 atom stereocenters. The van der Waals surface area contributed by atoms with Crippen LogP contribution >= 0.6 is 0 Å². The molecule has 0 heterocycles. The molecule has 4 nitrogen and oxygen atoms in total. The molecule has 0 fully saturated rings. The number of hydrogen-bond acceptors (Lipinski definition) is 2. The van der Waals surface area contributed by atoms with Gasteiger partial charge in [0.1, 0.15) is 6.04 Å². The number of nitriles is 1. The maximum absolute atomic E-state index is 8.74. The van der Waals surface area contributed by atoms with Crippen molar-refractivity contribution < 1.29 is 0 Å². The van der Waals surface area contributed by atoms with E-state index in [4.69, 9.17) is 16.4 Å². The van der Waals surface area contributed by atoms with E-state index < -0.39 is 6.04 Å². The quantitative estimate of drug-likeness (QED) is 0.450. The van der Waals surface area contributed by atoms with Gasteiger partial charge in [0.2, 0.25) is 0 Å². The summed E-state index contributed by atoms with van der Waals surface area (Å²) in [6.07, 6.45) is 0. The Kier molecular flexibility index (Phi) is 2.87. The van der Waals surface area contributed by atoms with E-state index in [0.717, 1.165) is 0 Å². The van der Waals surface area contributed by atoms with Crippen molar-refractivity contribution in [1.82, 2.24) is 5.32 Å². The van der Waals surface area contributed by atoms with Gasteiger partial charge in [-0.2, -0.15) is 5.26 Å². The van der Waals surface area contributed by atoms with Crippen molar-refractivity contribution in [3.63, 3.8) is 0 Å². The highest BCUT2D eigenvalue weighted by atomic mass is 15.1. The Bertz CT molecular complexity index is 325. The average molecular weight is 173 g/mol. The molecule has 13 heavy (non-hydrogen) atoms. The minimum Gasteiger partial charge on any atom is -0.370 e. The van der Waals surface area contributed by atoms with Crippen molar-refractivity contribution in [3.05, 3.63) is 35.9 Å². The lowest BCUT2D eigenvalue weighted by Crippen LogP contribution is -2.33. The van der Waals surface area contributed by atoms with Gasteiger partial charge in [-0.05, 0) is 11.6 Å². The molecule has 1 aromatic rings. The third kappa shape index (κ3) is 2.49. The second kappa shape index (κ2) is 4.12. The molecule has 65 valence electrons. The minimum absolute atomic E-state index is 0.219. The Labute approximate surface area is 76.5 Å². The molecule has 0 aromatic heterocycles. The fraction of sp³-hybridized carbons (Fsp3) is 0.111. The van der Waals surface area contributed by atoms with Crippen molar-refractivity contribution >= 4 is 5.96 Å². The third-order valence-corrected chi connectivity index (χ3v) is 1.47. The highest BCUT2D eigenvalue weighted by Crippen LogP contribution is 2.09. The number of hydrogen-bond donors (Lipinski definition) is 3. The minimum atomic E-state index is -0.598. The maximum Gasteiger partial charge on any atom is 0.187 e. The van der Waals surface area contributed by atoms with Crippen molar-refractivity contribution in [3.8, 4) is 6.07 Å². The van der Waals surface area contributed by atoms with Crippen LogP contribution in [0.5, 0.6) is 0 Å². The molecule has 0 amide bonds. The van der Waals surface area contributed by atoms with Crippen molar-refractivity contribution in [2.75, 3.05) is 0 Å². The zero-order chi connectivity index (χ0) is 9.68. The first-order chi connectivity index (χ1) is 6.24. The van der Waals surface area contributed by atoms with Gasteiger partial charge in [-0.3, -0.25) is 5.41 Å². The number of nitrogens with zero attached hydrogens (tertiary/aromatic N) is 1. The first-order valence-electron chi connectivity index (χ1n) is 3.71. The summed E-state index contributed by atoms with van der Waals surface area (Å²) in [4.78, 5) is 0. The fourth-order valence-corrected chi connectivity index (χ4v) is 0.922. The van der Waals surface area contributed by atoms with E-state index in [9.17, 15) is 0 Å². The van der Waals surface area contributed by atoms with E-state index in [1.807, 2.05) is 12.1 Å². The van der Waals surface area contributed by atoms with Crippen LogP contribution in [0.25, 0.3) is 0 Å². The maximum atomic E-state index is 8.74. The molecule has 1 aromatic carbocycles. The van der Waals surface area contributed by atoms with Crippen LogP contribution < -0.4 is 11.1 Å². The smallest absolute Gasteiger partial charge is 0.187 e. The van der Waals surface area contributed by atoms with Crippen LogP contribution in [-0.2, 0) is 0 Å². The SMILES string of the molecule is N#CC(NC(=N)N)c1[c]cccc1. The molecule has 0 bridgehead atoms. The van der Waals surface area contributed by atoms with Crippen molar-refractivity contribution in [2.24, 2.45) is 5.73 Å². The van der Waals surface area contributed by atoms with Crippen LogP contribution in [0.4, 0.5) is 0 Å². The molecule has 1 radical (unpaired) electrons. The molecule has 0 saturated heterocycles. The first kappa shape index (κ1) is 9.07. The first-order valence-corrected chi connectivity index (χ1v) is 3.71. The summed E-state index contributed by atoms with van der Waals surface area (Å²) in [5.74, 6) is -0.219. The summed E-state index contributed by atoms with van der Waals surface area (Å²) in [6.45, 7) is 0. The van der Waals surface area contributed by atoms with Gasteiger partial charge in [-0.15, -0.1) is 0 Å². The van der Waals surface area contributed by atoms with Crippen LogP contribution in [0.15, 0.2) is 24.3 Å². The van der Waals surface area contributed by atoms with Gasteiger partial charge in [0.05, 0.1) is 6.07 Å². The van der Waals surface area contributed by atoms with Gasteiger partial charge in [-0.1, -0.05) is 24.3 Å². The summed E-state index contributed by atoms with van der Waals surface area (Å²) in [5.41, 5.74) is 5.79. The number of benzene rings is 1. The van der Waals surface area contributed by atoms with Gasteiger partial charge in [0.25, 0.3) is 0 Å². The van der Waals surface area contributed by atoms with Gasteiger partial charge in [0.15, 0.2) is 5.96 Å². The van der Waals surface area contributed by atoms with Crippen LogP contribution in [0.2, 0.25) is 0 Å². The Hall–Kier alpha value is -2.02. The van der Waals surface area contributed by atoms with Crippen LogP contribution in [0.1, 0.15) is 11.6 Å². The van der Waals surface area contributed by atoms with Crippen LogP contribution in [0, 0.1) is 22.8 Å². The lowest BCUT2D eigenvalue weighted by atomic mass is 10.1. The molecular weight excluding hydrogens is 164 g/mol. The number of nitrogens with two attached hydrogens (primary N) is 1. The van der Waals surface area contributed by atoms with E-state index in [1.54, 1.807) is 18.2 Å². The second-order valence-electron chi connectivity index (χ2n) is 2.44. The van der Waals surface area contributed by atoms with Gasteiger partial charge < -0.3 is 11.1 Å². The Morgan fingerprint density at radius 1 is 1.69 bits per heavy atom. The van der Waals surface area contributed by atoms with Crippen molar-refractivity contribution in [2.45, 2.75) is 6.04 Å². The highest BCUT2D eigenvalue weighted by molar-refractivity contribution is 5.75. The molecule has 0 aliphatic heterocycles. The molecule has 0 saturated carbocycles.